The van der Waals surface area contributed by atoms with Gasteiger partial charge >= 0.3 is 0 Å². The molecule has 0 spiro atoms. The number of amides is 1. The van der Waals surface area contributed by atoms with Crippen molar-refractivity contribution in [2.24, 2.45) is 0 Å². The monoisotopic (exact) mass is 445 g/mol. The van der Waals surface area contributed by atoms with Gasteiger partial charge in [0.15, 0.2) is 11.5 Å². The Bertz CT molecular complexity index is 928. The summed E-state index contributed by atoms with van der Waals surface area (Å²) in [5.74, 6) is 1.83. The van der Waals surface area contributed by atoms with Gasteiger partial charge in [-0.1, -0.05) is 47.7 Å². The zero-order valence-electron chi connectivity index (χ0n) is 16.8. The van der Waals surface area contributed by atoms with E-state index in [2.05, 4.69) is 5.32 Å². The predicted molar refractivity (Wildman–Crippen MR) is 122 cm³/mol. The van der Waals surface area contributed by atoms with Crippen LogP contribution in [-0.2, 0) is 9.53 Å². The van der Waals surface area contributed by atoms with Gasteiger partial charge in [-0.05, 0) is 42.8 Å². The highest BCUT2D eigenvalue weighted by Crippen LogP contribution is 2.31. The van der Waals surface area contributed by atoms with E-state index in [1.165, 1.54) is 17.3 Å². The molecule has 0 atom stereocenters. The van der Waals surface area contributed by atoms with Crippen molar-refractivity contribution in [3.63, 3.8) is 0 Å². The Hall–Kier alpha value is -2.55. The van der Waals surface area contributed by atoms with Crippen LogP contribution in [0.5, 0.6) is 17.2 Å². The zero-order valence-corrected chi connectivity index (χ0v) is 18.4. The van der Waals surface area contributed by atoms with E-state index in [0.717, 1.165) is 11.3 Å². The van der Waals surface area contributed by atoms with Crippen LogP contribution in [-0.4, -0.2) is 43.8 Å². The van der Waals surface area contributed by atoms with Gasteiger partial charge in [0.1, 0.15) is 23.3 Å². The van der Waals surface area contributed by atoms with Gasteiger partial charge in [-0.15, -0.1) is 0 Å². The van der Waals surface area contributed by atoms with Crippen LogP contribution in [0.25, 0.3) is 6.08 Å². The second-order valence-corrected chi connectivity index (χ2v) is 8.10. The van der Waals surface area contributed by atoms with Crippen LogP contribution in [0.1, 0.15) is 11.1 Å². The van der Waals surface area contributed by atoms with E-state index in [9.17, 15) is 4.79 Å². The Kier molecular flexibility index (Phi) is 8.12. The number of thioether (sulfide) groups is 1. The minimum atomic E-state index is -0.187. The Balaban J connectivity index is 1.41. The number of nitrogens with one attached hydrogen (secondary N) is 1. The topological polar surface area (TPSA) is 66.0 Å². The first-order valence-corrected chi connectivity index (χ1v) is 10.6. The number of benzene rings is 2. The van der Waals surface area contributed by atoms with Crippen molar-refractivity contribution in [1.82, 2.24) is 5.32 Å². The molecule has 1 aliphatic heterocycles. The Labute approximate surface area is 185 Å². The molecule has 8 heteroatoms. The predicted octanol–water partition coefficient (Wildman–Crippen LogP) is 3.97. The Morgan fingerprint density at radius 3 is 2.40 bits per heavy atom. The lowest BCUT2D eigenvalue weighted by molar-refractivity contribution is -0.115. The summed E-state index contributed by atoms with van der Waals surface area (Å²) in [6.45, 7) is 3.80. The zero-order chi connectivity index (χ0) is 21.3. The van der Waals surface area contributed by atoms with Crippen molar-refractivity contribution in [3.8, 4) is 17.2 Å². The van der Waals surface area contributed by atoms with Crippen LogP contribution in [0.4, 0.5) is 0 Å². The summed E-state index contributed by atoms with van der Waals surface area (Å²) in [4.78, 5) is 12.3. The van der Waals surface area contributed by atoms with E-state index < -0.39 is 0 Å². The van der Waals surface area contributed by atoms with Gasteiger partial charge in [0.25, 0.3) is 5.91 Å². The summed E-state index contributed by atoms with van der Waals surface area (Å²) in [7, 11) is 1.57. The van der Waals surface area contributed by atoms with E-state index in [1.807, 2.05) is 49.4 Å². The maximum absolute atomic E-state index is 11.8. The van der Waals surface area contributed by atoms with E-state index in [1.54, 1.807) is 13.2 Å². The molecular formula is C22H23NO5S2. The summed E-state index contributed by atoms with van der Waals surface area (Å²) < 4.78 is 22.8. The number of carbonyl (C=O) groups excluding carboxylic acids is 1. The van der Waals surface area contributed by atoms with Crippen LogP contribution in [0.2, 0.25) is 0 Å². The molecule has 1 heterocycles. The van der Waals surface area contributed by atoms with Gasteiger partial charge in [-0.3, -0.25) is 4.79 Å². The highest BCUT2D eigenvalue weighted by atomic mass is 32.2. The third kappa shape index (κ3) is 6.48. The normalized spacial score (nSPS) is 14.7. The molecule has 1 saturated heterocycles. The van der Waals surface area contributed by atoms with Crippen molar-refractivity contribution in [3.05, 3.63) is 58.5 Å². The molecule has 3 rings (SSSR count). The van der Waals surface area contributed by atoms with Crippen LogP contribution in [0.15, 0.2) is 47.4 Å². The van der Waals surface area contributed by atoms with Gasteiger partial charge in [-0.2, -0.15) is 0 Å². The molecule has 0 radical (unpaired) electrons. The summed E-state index contributed by atoms with van der Waals surface area (Å²) in [6.07, 6.45) is 1.77. The molecule has 6 nitrogen and oxygen atoms in total. The molecule has 158 valence electrons. The number of thiocarbonyl (C=S) groups is 1. The van der Waals surface area contributed by atoms with Gasteiger partial charge < -0.3 is 24.3 Å². The smallest absolute Gasteiger partial charge is 0.263 e. The second-order valence-electron chi connectivity index (χ2n) is 6.38. The van der Waals surface area contributed by atoms with Crippen molar-refractivity contribution in [1.29, 1.82) is 0 Å². The molecule has 0 saturated carbocycles. The van der Waals surface area contributed by atoms with E-state index in [4.69, 9.17) is 31.2 Å². The van der Waals surface area contributed by atoms with Crippen LogP contribution < -0.4 is 19.5 Å². The second kappa shape index (κ2) is 11.0. The fraction of sp³-hybridized carbons (Fsp3) is 0.273. The molecule has 0 bridgehead atoms. The third-order valence-electron chi connectivity index (χ3n) is 4.13. The van der Waals surface area contributed by atoms with Gasteiger partial charge in [0.2, 0.25) is 0 Å². The van der Waals surface area contributed by atoms with Crippen LogP contribution >= 0.6 is 24.0 Å². The molecule has 2 aromatic carbocycles. The van der Waals surface area contributed by atoms with Crippen molar-refractivity contribution >= 4 is 40.3 Å². The first kappa shape index (κ1) is 22.1. The van der Waals surface area contributed by atoms with Crippen molar-refractivity contribution in [2.45, 2.75) is 6.92 Å². The van der Waals surface area contributed by atoms with Crippen molar-refractivity contribution < 1.29 is 23.7 Å². The SMILES string of the molecule is COc1cc(/C=C2/SC(=S)NC2=O)ccc1OCCOCCOc1ccc(C)cc1. The average molecular weight is 446 g/mol. The molecule has 1 aliphatic rings. The quantitative estimate of drug-likeness (QED) is 0.337. The van der Waals surface area contributed by atoms with Crippen LogP contribution in [0, 0.1) is 6.92 Å². The number of methoxy groups -OCH3 is 1. The van der Waals surface area contributed by atoms with Crippen molar-refractivity contribution in [2.75, 3.05) is 33.5 Å². The number of ether oxygens (including phenoxy) is 4. The maximum atomic E-state index is 11.8. The number of carbonyl (C=O) groups is 1. The highest BCUT2D eigenvalue weighted by Gasteiger charge is 2.22. The molecule has 1 fully saturated rings. The number of aryl methyl sites for hydroxylation is 1. The van der Waals surface area contributed by atoms with Gasteiger partial charge in [0.05, 0.1) is 25.2 Å². The molecule has 30 heavy (non-hydrogen) atoms. The molecule has 1 N–H and O–H groups in total. The number of hydrogen-bond acceptors (Lipinski definition) is 7. The Morgan fingerprint density at radius 1 is 1.00 bits per heavy atom. The Morgan fingerprint density at radius 2 is 1.73 bits per heavy atom. The minimum absolute atomic E-state index is 0.187. The number of rotatable bonds is 10. The first-order valence-electron chi connectivity index (χ1n) is 9.38. The fourth-order valence-electron chi connectivity index (χ4n) is 2.63. The summed E-state index contributed by atoms with van der Waals surface area (Å²) in [5.41, 5.74) is 2.02. The number of hydrogen-bond donors (Lipinski definition) is 1. The third-order valence-corrected chi connectivity index (χ3v) is 5.29. The summed E-state index contributed by atoms with van der Waals surface area (Å²) in [6, 6.07) is 13.4. The lowest BCUT2D eigenvalue weighted by Gasteiger charge is -2.12. The molecular weight excluding hydrogens is 422 g/mol. The molecule has 2 aromatic rings. The fourth-order valence-corrected chi connectivity index (χ4v) is 3.68. The molecule has 0 aromatic heterocycles. The lowest BCUT2D eigenvalue weighted by Crippen LogP contribution is -2.17. The average Bonchev–Trinajstić information content (AvgIpc) is 3.05. The van der Waals surface area contributed by atoms with E-state index >= 15 is 0 Å². The highest BCUT2D eigenvalue weighted by molar-refractivity contribution is 8.26. The first-order chi connectivity index (χ1) is 14.5. The van der Waals surface area contributed by atoms with Crippen LogP contribution in [0.3, 0.4) is 0 Å². The molecule has 0 unspecified atom stereocenters. The van der Waals surface area contributed by atoms with Gasteiger partial charge in [-0.25, -0.2) is 0 Å². The van der Waals surface area contributed by atoms with E-state index in [-0.39, 0.29) is 5.91 Å². The lowest BCUT2D eigenvalue weighted by atomic mass is 10.2. The summed E-state index contributed by atoms with van der Waals surface area (Å²) >= 11 is 6.24. The molecule has 1 amide bonds. The summed E-state index contributed by atoms with van der Waals surface area (Å²) in [5, 5.41) is 2.60. The minimum Gasteiger partial charge on any atom is -0.493 e. The largest absolute Gasteiger partial charge is 0.493 e. The van der Waals surface area contributed by atoms with E-state index in [0.29, 0.717) is 47.2 Å². The maximum Gasteiger partial charge on any atom is 0.263 e. The van der Waals surface area contributed by atoms with Gasteiger partial charge in [0, 0.05) is 0 Å². The standard InChI is InChI=1S/C22H23NO5S2/c1-15-3-6-17(7-4-15)27-11-9-26-10-12-28-18-8-5-16(13-19(18)25-2)14-20-21(24)23-22(29)30-20/h3-8,13-14H,9-12H2,1-2H3,(H,23,24,29)/b20-14+. The molecule has 0 aliphatic carbocycles.